The van der Waals surface area contributed by atoms with E-state index in [1.54, 1.807) is 25.4 Å². The van der Waals surface area contributed by atoms with Crippen LogP contribution in [-0.4, -0.2) is 42.0 Å². The van der Waals surface area contributed by atoms with Gasteiger partial charge >= 0.3 is 0 Å². The Bertz CT molecular complexity index is 1410. The zero-order valence-electron chi connectivity index (χ0n) is 23.0. The number of ketones is 1. The van der Waals surface area contributed by atoms with Crippen molar-refractivity contribution in [2.45, 2.75) is 52.0 Å². The maximum atomic E-state index is 13.6. The minimum absolute atomic E-state index is 0.0294. The first kappa shape index (κ1) is 26.5. The molecule has 39 heavy (non-hydrogen) atoms. The van der Waals surface area contributed by atoms with E-state index in [0.717, 1.165) is 35.7 Å². The number of pyridine rings is 1. The monoisotopic (exact) mass is 525 g/mol. The van der Waals surface area contributed by atoms with Crippen molar-refractivity contribution in [3.63, 3.8) is 0 Å². The number of hydrogen-bond acceptors (Lipinski definition) is 6. The van der Waals surface area contributed by atoms with Crippen molar-refractivity contribution in [1.29, 1.82) is 0 Å². The summed E-state index contributed by atoms with van der Waals surface area (Å²) in [6.45, 7) is 7.95. The van der Waals surface area contributed by atoms with Crippen molar-refractivity contribution < 1.29 is 19.4 Å². The van der Waals surface area contributed by atoms with Crippen LogP contribution in [0.1, 0.15) is 67.5 Å². The number of ether oxygens (including phenoxy) is 1. The van der Waals surface area contributed by atoms with Crippen LogP contribution >= 0.6 is 0 Å². The van der Waals surface area contributed by atoms with Crippen LogP contribution in [0.3, 0.4) is 0 Å². The highest BCUT2D eigenvalue weighted by atomic mass is 16.5. The number of aromatic nitrogens is 1. The molecule has 5 rings (SSSR count). The molecule has 1 atom stereocenters. The van der Waals surface area contributed by atoms with Gasteiger partial charge in [0, 0.05) is 36.2 Å². The Morgan fingerprint density at radius 2 is 1.69 bits per heavy atom. The molecule has 202 valence electrons. The summed E-state index contributed by atoms with van der Waals surface area (Å²) in [4.78, 5) is 35.4. The fourth-order valence-corrected chi connectivity index (χ4v) is 5.62. The average Bonchev–Trinajstić information content (AvgIpc) is 3.23. The zero-order chi connectivity index (χ0) is 27.7. The van der Waals surface area contributed by atoms with Gasteiger partial charge in [0.1, 0.15) is 17.6 Å². The molecule has 1 aromatic heterocycles. The first-order valence-electron chi connectivity index (χ1n) is 13.6. The van der Waals surface area contributed by atoms with Crippen LogP contribution in [0.5, 0.6) is 5.75 Å². The second kappa shape index (κ2) is 10.9. The largest absolute Gasteiger partial charge is 0.507 e. The van der Waals surface area contributed by atoms with E-state index in [2.05, 4.69) is 9.88 Å². The van der Waals surface area contributed by atoms with Gasteiger partial charge in [-0.3, -0.25) is 19.5 Å². The van der Waals surface area contributed by atoms with Gasteiger partial charge in [-0.1, -0.05) is 19.9 Å². The van der Waals surface area contributed by atoms with Gasteiger partial charge in [0.25, 0.3) is 11.7 Å². The van der Waals surface area contributed by atoms with Crippen molar-refractivity contribution in [2.75, 3.05) is 30.0 Å². The van der Waals surface area contributed by atoms with Gasteiger partial charge < -0.3 is 14.7 Å². The Morgan fingerprint density at radius 1 is 1.00 bits per heavy atom. The summed E-state index contributed by atoms with van der Waals surface area (Å²) >= 11 is 0. The highest BCUT2D eigenvalue weighted by Crippen LogP contribution is 2.43. The summed E-state index contributed by atoms with van der Waals surface area (Å²) in [7, 11) is 1.61. The van der Waals surface area contributed by atoms with Gasteiger partial charge in [0.15, 0.2) is 0 Å². The quantitative estimate of drug-likeness (QED) is 0.237. The molecule has 0 radical (unpaired) electrons. The van der Waals surface area contributed by atoms with Crippen LogP contribution in [0.2, 0.25) is 0 Å². The van der Waals surface area contributed by atoms with Gasteiger partial charge in [-0.05, 0) is 91.8 Å². The topological polar surface area (TPSA) is 83.0 Å². The third-order valence-corrected chi connectivity index (χ3v) is 7.72. The summed E-state index contributed by atoms with van der Waals surface area (Å²) < 4.78 is 5.56. The zero-order valence-corrected chi connectivity index (χ0v) is 23.0. The van der Waals surface area contributed by atoms with Crippen molar-refractivity contribution in [3.05, 3.63) is 88.8 Å². The number of amides is 1. The number of nitrogens with zero attached hydrogens (tertiary/aromatic N) is 3. The number of Topliss-reactive ketones (excluding diaryl/α,β-unsaturated/α-hetero) is 1. The molecule has 1 unspecified atom stereocenters. The standard InChI is InChI=1S/C32H35N3O4/c1-20(2)24-19-25(21(3)18-27(24)39-4)30(36)28-29(26-10-6-7-15-33-26)35(32(38)31(28)37)23-13-11-22(12-14-23)34-16-8-5-9-17-34/h6-7,10-15,18-20,29,36H,5,8-9,16-17H2,1-4H3/b30-28+. The van der Waals surface area contributed by atoms with Crippen molar-refractivity contribution in [3.8, 4) is 5.75 Å². The molecule has 2 aliphatic rings. The lowest BCUT2D eigenvalue weighted by atomic mass is 9.92. The Kier molecular flexibility index (Phi) is 7.42. The fourth-order valence-electron chi connectivity index (χ4n) is 5.62. The molecule has 2 fully saturated rings. The molecule has 1 amide bonds. The normalized spacial score (nSPS) is 19.2. The number of carbonyl (C=O) groups excluding carboxylic acids is 2. The number of benzene rings is 2. The molecule has 7 heteroatoms. The van der Waals surface area contributed by atoms with Crippen LogP contribution in [-0.2, 0) is 9.59 Å². The van der Waals surface area contributed by atoms with Gasteiger partial charge in [-0.25, -0.2) is 0 Å². The average molecular weight is 526 g/mol. The molecule has 0 spiro atoms. The van der Waals surface area contributed by atoms with Crippen molar-refractivity contribution >= 4 is 28.8 Å². The first-order chi connectivity index (χ1) is 18.8. The predicted molar refractivity (Wildman–Crippen MR) is 153 cm³/mol. The molecule has 1 N–H and O–H groups in total. The van der Waals surface area contributed by atoms with Gasteiger partial charge in [-0.2, -0.15) is 0 Å². The highest BCUT2D eigenvalue weighted by Gasteiger charge is 2.47. The molecule has 2 aliphatic heterocycles. The van der Waals surface area contributed by atoms with E-state index < -0.39 is 17.7 Å². The summed E-state index contributed by atoms with van der Waals surface area (Å²) in [6, 6.07) is 16.0. The number of anilines is 2. The first-order valence-corrected chi connectivity index (χ1v) is 13.6. The summed E-state index contributed by atoms with van der Waals surface area (Å²) in [5.74, 6) is -0.787. The molecule has 0 saturated carbocycles. The predicted octanol–water partition coefficient (Wildman–Crippen LogP) is 6.14. The molecular weight excluding hydrogens is 490 g/mol. The minimum atomic E-state index is -0.865. The molecule has 2 aromatic carbocycles. The van der Waals surface area contributed by atoms with E-state index in [1.165, 1.54) is 24.2 Å². The van der Waals surface area contributed by atoms with E-state index in [4.69, 9.17) is 4.74 Å². The Labute approximate surface area is 229 Å². The third kappa shape index (κ3) is 4.89. The smallest absolute Gasteiger partial charge is 0.300 e. The highest BCUT2D eigenvalue weighted by molar-refractivity contribution is 6.51. The minimum Gasteiger partial charge on any atom is -0.507 e. The Hall–Kier alpha value is -4.13. The van der Waals surface area contributed by atoms with E-state index in [0.29, 0.717) is 16.9 Å². The van der Waals surface area contributed by atoms with Crippen LogP contribution in [0.4, 0.5) is 11.4 Å². The lowest BCUT2D eigenvalue weighted by molar-refractivity contribution is -0.132. The maximum Gasteiger partial charge on any atom is 0.300 e. The van der Waals surface area contributed by atoms with Crippen molar-refractivity contribution in [2.24, 2.45) is 0 Å². The van der Waals surface area contributed by atoms with E-state index in [1.807, 2.05) is 63.2 Å². The third-order valence-electron chi connectivity index (χ3n) is 7.72. The lowest BCUT2D eigenvalue weighted by Crippen LogP contribution is -2.31. The summed E-state index contributed by atoms with van der Waals surface area (Å²) in [5, 5.41) is 11.7. The number of carbonyl (C=O) groups is 2. The number of aryl methyl sites for hydroxylation is 1. The molecule has 7 nitrogen and oxygen atoms in total. The molecular formula is C32H35N3O4. The van der Waals surface area contributed by atoms with Crippen LogP contribution in [0, 0.1) is 6.92 Å². The van der Waals surface area contributed by atoms with Gasteiger partial charge in [-0.15, -0.1) is 0 Å². The van der Waals surface area contributed by atoms with Crippen LogP contribution < -0.4 is 14.5 Å². The van der Waals surface area contributed by atoms with Crippen LogP contribution in [0.15, 0.2) is 66.4 Å². The number of methoxy groups -OCH3 is 1. The molecule has 3 aromatic rings. The van der Waals surface area contributed by atoms with Crippen molar-refractivity contribution in [1.82, 2.24) is 4.98 Å². The summed E-state index contributed by atoms with van der Waals surface area (Å²) in [5.41, 5.74) is 4.36. The molecule has 0 bridgehead atoms. The fraction of sp³-hybridized carbons (Fsp3) is 0.344. The number of rotatable bonds is 6. The molecule has 2 saturated heterocycles. The number of piperidine rings is 1. The van der Waals surface area contributed by atoms with E-state index >= 15 is 0 Å². The number of aliphatic hydroxyl groups is 1. The molecule has 0 aliphatic carbocycles. The second-order valence-electron chi connectivity index (χ2n) is 10.6. The number of hydrogen-bond donors (Lipinski definition) is 1. The molecule has 3 heterocycles. The SMILES string of the molecule is COc1cc(C)c(/C(O)=C2\C(=O)C(=O)N(c3ccc(N4CCCCC4)cc3)C2c2ccccn2)cc1C(C)C. The van der Waals surface area contributed by atoms with Gasteiger partial charge in [0.2, 0.25) is 0 Å². The summed E-state index contributed by atoms with van der Waals surface area (Å²) in [6.07, 6.45) is 5.21. The van der Waals surface area contributed by atoms with Crippen LogP contribution in [0.25, 0.3) is 5.76 Å². The van der Waals surface area contributed by atoms with E-state index in [9.17, 15) is 14.7 Å². The van der Waals surface area contributed by atoms with Gasteiger partial charge in [0.05, 0.1) is 18.4 Å². The Morgan fingerprint density at radius 3 is 2.31 bits per heavy atom. The maximum absolute atomic E-state index is 13.6. The number of aliphatic hydroxyl groups excluding tert-OH is 1. The second-order valence-corrected chi connectivity index (χ2v) is 10.6. The Balaban J connectivity index is 1.63. The van der Waals surface area contributed by atoms with E-state index in [-0.39, 0.29) is 17.3 Å². The lowest BCUT2D eigenvalue weighted by Gasteiger charge is -2.30.